The summed E-state index contributed by atoms with van der Waals surface area (Å²) in [5, 5.41) is 0. The second kappa shape index (κ2) is 6.99. The quantitative estimate of drug-likeness (QED) is 0.731. The van der Waals surface area contributed by atoms with E-state index in [0.29, 0.717) is 0 Å². The molecule has 3 aromatic rings. The Bertz CT molecular complexity index is 867. The van der Waals surface area contributed by atoms with Gasteiger partial charge >= 0.3 is 0 Å². The van der Waals surface area contributed by atoms with Crippen molar-refractivity contribution in [3.8, 4) is 11.5 Å². The maximum atomic E-state index is 6.02. The van der Waals surface area contributed by atoms with Crippen LogP contribution in [0.15, 0.2) is 55.0 Å². The lowest BCUT2D eigenvalue weighted by Crippen LogP contribution is -2.31. The third kappa shape index (κ3) is 3.67. The zero-order valence-corrected chi connectivity index (χ0v) is 14.2. The van der Waals surface area contributed by atoms with Gasteiger partial charge in [0.25, 0.3) is 0 Å². The second-order valence-corrected chi connectivity index (χ2v) is 6.25. The third-order valence-electron chi connectivity index (χ3n) is 4.37. The Morgan fingerprint density at radius 1 is 1.12 bits per heavy atom. The van der Waals surface area contributed by atoms with Crippen molar-refractivity contribution in [2.45, 2.75) is 26.4 Å². The summed E-state index contributed by atoms with van der Waals surface area (Å²) >= 11 is 0. The summed E-state index contributed by atoms with van der Waals surface area (Å²) < 4.78 is 6.02. The first-order valence-electron chi connectivity index (χ1n) is 8.47. The van der Waals surface area contributed by atoms with Crippen LogP contribution in [0.25, 0.3) is 0 Å². The summed E-state index contributed by atoms with van der Waals surface area (Å²) in [6.45, 7) is 4.62. The molecule has 0 saturated heterocycles. The van der Waals surface area contributed by atoms with Crippen LogP contribution in [0.3, 0.4) is 0 Å². The molecule has 0 amide bonds. The van der Waals surface area contributed by atoms with E-state index in [1.165, 1.54) is 11.1 Å². The number of aromatic nitrogens is 3. The summed E-state index contributed by atoms with van der Waals surface area (Å²) in [5.41, 5.74) is 3.58. The van der Waals surface area contributed by atoms with Gasteiger partial charge in [0, 0.05) is 37.6 Å². The minimum absolute atomic E-state index is 0.752. The van der Waals surface area contributed by atoms with Crippen LogP contribution in [0.1, 0.15) is 22.6 Å². The standard InChI is InChI=1S/C20H20N4O/c1-15-22-11-16-8-10-24(14-19(16)23-15)13-17-5-2-3-7-20(17)25-18-6-4-9-21-12-18/h2-7,9,11-12H,8,10,13-14H2,1H3. The molecule has 126 valence electrons. The molecule has 0 N–H and O–H groups in total. The van der Waals surface area contributed by atoms with Gasteiger partial charge in [-0.05, 0) is 37.1 Å². The second-order valence-electron chi connectivity index (χ2n) is 6.25. The highest BCUT2D eigenvalue weighted by Gasteiger charge is 2.19. The molecule has 4 rings (SSSR count). The predicted molar refractivity (Wildman–Crippen MR) is 95.3 cm³/mol. The van der Waals surface area contributed by atoms with Gasteiger partial charge in [0.15, 0.2) is 0 Å². The minimum Gasteiger partial charge on any atom is -0.455 e. The van der Waals surface area contributed by atoms with Crippen molar-refractivity contribution in [2.75, 3.05) is 6.54 Å². The van der Waals surface area contributed by atoms with E-state index in [4.69, 9.17) is 4.74 Å². The number of hydrogen-bond donors (Lipinski definition) is 0. The number of fused-ring (bicyclic) bond motifs is 1. The molecule has 0 unspecified atom stereocenters. The van der Waals surface area contributed by atoms with Gasteiger partial charge in [-0.15, -0.1) is 0 Å². The van der Waals surface area contributed by atoms with Crippen molar-refractivity contribution < 1.29 is 4.74 Å². The number of hydrogen-bond acceptors (Lipinski definition) is 5. The highest BCUT2D eigenvalue weighted by atomic mass is 16.5. The van der Waals surface area contributed by atoms with Gasteiger partial charge in [0.1, 0.15) is 17.3 Å². The van der Waals surface area contributed by atoms with Gasteiger partial charge in [-0.3, -0.25) is 9.88 Å². The van der Waals surface area contributed by atoms with E-state index in [-0.39, 0.29) is 0 Å². The SMILES string of the molecule is Cc1ncc2c(n1)CN(Cc1ccccc1Oc1cccnc1)CC2. The summed E-state index contributed by atoms with van der Waals surface area (Å²) in [6.07, 6.45) is 6.43. The Labute approximate surface area is 147 Å². The summed E-state index contributed by atoms with van der Waals surface area (Å²) in [6, 6.07) is 12.0. The van der Waals surface area contributed by atoms with Gasteiger partial charge < -0.3 is 4.74 Å². The molecule has 0 aliphatic carbocycles. The Hall–Kier alpha value is -2.79. The zero-order valence-electron chi connectivity index (χ0n) is 14.2. The molecule has 1 aliphatic heterocycles. The molecule has 5 nitrogen and oxygen atoms in total. The Morgan fingerprint density at radius 3 is 2.92 bits per heavy atom. The Morgan fingerprint density at radius 2 is 2.04 bits per heavy atom. The normalized spacial score (nSPS) is 14.1. The molecule has 0 radical (unpaired) electrons. The van der Waals surface area contributed by atoms with Crippen LogP contribution in [0.5, 0.6) is 11.5 Å². The number of nitrogens with zero attached hydrogens (tertiary/aromatic N) is 4. The number of aryl methyl sites for hydroxylation is 1. The molecule has 2 aromatic heterocycles. The molecule has 5 heteroatoms. The number of pyridine rings is 1. The fraction of sp³-hybridized carbons (Fsp3) is 0.250. The molecular formula is C20H20N4O. The lowest BCUT2D eigenvalue weighted by molar-refractivity contribution is 0.238. The summed E-state index contributed by atoms with van der Waals surface area (Å²) in [4.78, 5) is 15.4. The highest BCUT2D eigenvalue weighted by molar-refractivity contribution is 5.37. The van der Waals surface area contributed by atoms with Crippen LogP contribution in [0, 0.1) is 6.92 Å². The Kier molecular flexibility index (Phi) is 4.39. The van der Waals surface area contributed by atoms with Gasteiger partial charge in [-0.2, -0.15) is 0 Å². The molecule has 1 aromatic carbocycles. The molecule has 3 heterocycles. The van der Waals surface area contributed by atoms with Gasteiger partial charge in [0.2, 0.25) is 0 Å². The smallest absolute Gasteiger partial charge is 0.145 e. The van der Waals surface area contributed by atoms with E-state index in [1.807, 2.05) is 37.4 Å². The number of rotatable bonds is 4. The molecule has 0 spiro atoms. The molecule has 0 fully saturated rings. The van der Waals surface area contributed by atoms with E-state index in [9.17, 15) is 0 Å². The Balaban J connectivity index is 1.52. The largest absolute Gasteiger partial charge is 0.455 e. The van der Waals surface area contributed by atoms with E-state index in [2.05, 4.69) is 32.0 Å². The van der Waals surface area contributed by atoms with Crippen LogP contribution in [-0.4, -0.2) is 26.4 Å². The molecule has 0 saturated carbocycles. The third-order valence-corrected chi connectivity index (χ3v) is 4.37. The van der Waals surface area contributed by atoms with Crippen molar-refractivity contribution in [2.24, 2.45) is 0 Å². The predicted octanol–water partition coefficient (Wildman–Crippen LogP) is 3.53. The summed E-state index contributed by atoms with van der Waals surface area (Å²) in [5.74, 6) is 2.46. The highest BCUT2D eigenvalue weighted by Crippen LogP contribution is 2.27. The molecule has 25 heavy (non-hydrogen) atoms. The summed E-state index contributed by atoms with van der Waals surface area (Å²) in [7, 11) is 0. The average Bonchev–Trinajstić information content (AvgIpc) is 2.64. The number of benzene rings is 1. The molecule has 0 atom stereocenters. The maximum Gasteiger partial charge on any atom is 0.145 e. The topological polar surface area (TPSA) is 51.1 Å². The van der Waals surface area contributed by atoms with Crippen molar-refractivity contribution >= 4 is 0 Å². The van der Waals surface area contributed by atoms with Gasteiger partial charge in [-0.25, -0.2) is 9.97 Å². The van der Waals surface area contributed by atoms with E-state index in [0.717, 1.165) is 49.1 Å². The van der Waals surface area contributed by atoms with Crippen LogP contribution in [0.4, 0.5) is 0 Å². The first kappa shape index (κ1) is 15.7. The van der Waals surface area contributed by atoms with E-state index < -0.39 is 0 Å². The number of para-hydroxylation sites is 1. The number of ether oxygens (including phenoxy) is 1. The fourth-order valence-corrected chi connectivity index (χ4v) is 3.10. The lowest BCUT2D eigenvalue weighted by atomic mass is 10.1. The first-order chi connectivity index (χ1) is 12.3. The van der Waals surface area contributed by atoms with E-state index >= 15 is 0 Å². The minimum atomic E-state index is 0.752. The average molecular weight is 332 g/mol. The molecular weight excluding hydrogens is 312 g/mol. The maximum absolute atomic E-state index is 6.02. The van der Waals surface area contributed by atoms with Crippen molar-refractivity contribution in [3.63, 3.8) is 0 Å². The monoisotopic (exact) mass is 332 g/mol. The van der Waals surface area contributed by atoms with Crippen LogP contribution < -0.4 is 4.74 Å². The fourth-order valence-electron chi connectivity index (χ4n) is 3.10. The van der Waals surface area contributed by atoms with E-state index in [1.54, 1.807) is 12.4 Å². The zero-order chi connectivity index (χ0) is 17.1. The van der Waals surface area contributed by atoms with Crippen molar-refractivity contribution in [1.82, 2.24) is 19.9 Å². The van der Waals surface area contributed by atoms with Gasteiger partial charge in [0.05, 0.1) is 11.9 Å². The molecule has 1 aliphatic rings. The van der Waals surface area contributed by atoms with Crippen LogP contribution >= 0.6 is 0 Å². The van der Waals surface area contributed by atoms with Crippen molar-refractivity contribution in [3.05, 3.63) is 77.6 Å². The lowest BCUT2D eigenvalue weighted by Gasteiger charge is -2.28. The first-order valence-corrected chi connectivity index (χ1v) is 8.47. The molecule has 0 bridgehead atoms. The van der Waals surface area contributed by atoms with Crippen molar-refractivity contribution in [1.29, 1.82) is 0 Å². The van der Waals surface area contributed by atoms with Crippen LogP contribution in [-0.2, 0) is 19.5 Å². The van der Waals surface area contributed by atoms with Gasteiger partial charge in [-0.1, -0.05) is 18.2 Å². The van der Waals surface area contributed by atoms with Crippen LogP contribution in [0.2, 0.25) is 0 Å².